The molecule has 1 rings (SSSR count). The van der Waals surface area contributed by atoms with Crippen LogP contribution >= 0.6 is 0 Å². The number of nitrogens with one attached hydrogen (secondary N) is 1. The topological polar surface area (TPSA) is 15.3 Å². The third-order valence-corrected chi connectivity index (χ3v) is 3.24. The van der Waals surface area contributed by atoms with Gasteiger partial charge in [0.2, 0.25) is 0 Å². The van der Waals surface area contributed by atoms with Gasteiger partial charge >= 0.3 is 0 Å². The van der Waals surface area contributed by atoms with E-state index < -0.39 is 0 Å². The molecule has 0 spiro atoms. The van der Waals surface area contributed by atoms with Crippen LogP contribution in [-0.4, -0.2) is 36.6 Å². The van der Waals surface area contributed by atoms with Gasteiger partial charge in [-0.15, -0.1) is 11.8 Å². The predicted molar refractivity (Wildman–Crippen MR) is 65.7 cm³/mol. The molecule has 1 fully saturated rings. The lowest BCUT2D eigenvalue weighted by molar-refractivity contribution is 0.126. The van der Waals surface area contributed by atoms with Gasteiger partial charge in [0.15, 0.2) is 0 Å². The second-order valence-electron chi connectivity index (χ2n) is 4.78. The number of nitrogens with zero attached hydrogens (tertiary/aromatic N) is 1. The first-order chi connectivity index (χ1) is 7.15. The molecule has 1 aliphatic rings. The maximum Gasteiger partial charge on any atom is 0.0218 e. The molecule has 0 amide bonds. The van der Waals surface area contributed by atoms with Crippen LogP contribution in [0.3, 0.4) is 0 Å². The Kier molecular flexibility index (Phi) is 5.14. The highest BCUT2D eigenvalue weighted by atomic mass is 15.2. The molecule has 0 bridgehead atoms. The zero-order chi connectivity index (χ0) is 11.3. The zero-order valence-electron chi connectivity index (χ0n) is 10.5. The van der Waals surface area contributed by atoms with E-state index in [9.17, 15) is 0 Å². The van der Waals surface area contributed by atoms with Crippen molar-refractivity contribution in [2.75, 3.05) is 19.6 Å². The number of piperazine rings is 1. The van der Waals surface area contributed by atoms with Crippen molar-refractivity contribution in [2.24, 2.45) is 5.92 Å². The molecule has 0 aromatic rings. The van der Waals surface area contributed by atoms with E-state index in [0.717, 1.165) is 25.4 Å². The van der Waals surface area contributed by atoms with Gasteiger partial charge in [-0.2, -0.15) is 0 Å². The highest BCUT2D eigenvalue weighted by Gasteiger charge is 2.25. The van der Waals surface area contributed by atoms with Crippen LogP contribution in [0, 0.1) is 17.8 Å². The summed E-state index contributed by atoms with van der Waals surface area (Å²) in [5, 5.41) is 3.61. The summed E-state index contributed by atoms with van der Waals surface area (Å²) in [6.45, 7) is 12.2. The molecular formula is C13H24N2. The average Bonchev–Trinajstić information content (AvgIpc) is 2.20. The molecule has 2 heteroatoms. The quantitative estimate of drug-likeness (QED) is 0.710. The summed E-state index contributed by atoms with van der Waals surface area (Å²) in [7, 11) is 0. The Labute approximate surface area is 94.4 Å². The van der Waals surface area contributed by atoms with E-state index in [2.05, 4.69) is 42.8 Å². The predicted octanol–water partition coefficient (Wildman–Crippen LogP) is 1.72. The Bertz CT molecular complexity index is 237. The molecule has 0 aromatic heterocycles. The van der Waals surface area contributed by atoms with Crippen molar-refractivity contribution >= 4 is 0 Å². The van der Waals surface area contributed by atoms with Crippen LogP contribution in [0.5, 0.6) is 0 Å². The van der Waals surface area contributed by atoms with Gasteiger partial charge in [-0.25, -0.2) is 0 Å². The van der Waals surface area contributed by atoms with Crippen LogP contribution in [-0.2, 0) is 0 Å². The Hall–Kier alpha value is -0.520. The van der Waals surface area contributed by atoms with Crippen molar-refractivity contribution < 1.29 is 0 Å². The molecule has 1 N–H and O–H groups in total. The van der Waals surface area contributed by atoms with Gasteiger partial charge in [-0.3, -0.25) is 4.90 Å². The molecule has 1 heterocycles. The molecule has 2 unspecified atom stereocenters. The molecule has 0 radical (unpaired) electrons. The second kappa shape index (κ2) is 6.15. The standard InChI is InChI=1S/C13H24N2/c1-5-6-7-8-15-10-13(11(2)3)14-9-12(15)4/h11-14H,7-10H2,1-4H3. The van der Waals surface area contributed by atoms with Crippen molar-refractivity contribution in [1.82, 2.24) is 10.2 Å². The molecule has 15 heavy (non-hydrogen) atoms. The van der Waals surface area contributed by atoms with Crippen LogP contribution < -0.4 is 5.32 Å². The number of hydrogen-bond acceptors (Lipinski definition) is 2. The molecule has 0 aromatic carbocycles. The first kappa shape index (κ1) is 12.5. The fourth-order valence-corrected chi connectivity index (χ4v) is 2.03. The lowest BCUT2D eigenvalue weighted by Gasteiger charge is -2.40. The maximum atomic E-state index is 3.61. The van der Waals surface area contributed by atoms with Crippen molar-refractivity contribution in [3.8, 4) is 11.8 Å². The van der Waals surface area contributed by atoms with Crippen molar-refractivity contribution in [3.63, 3.8) is 0 Å². The maximum absolute atomic E-state index is 3.61. The van der Waals surface area contributed by atoms with Crippen LogP contribution in [0.2, 0.25) is 0 Å². The normalized spacial score (nSPS) is 27.5. The van der Waals surface area contributed by atoms with Crippen LogP contribution in [0.1, 0.15) is 34.1 Å². The summed E-state index contributed by atoms with van der Waals surface area (Å²) < 4.78 is 0. The third-order valence-electron chi connectivity index (χ3n) is 3.24. The molecule has 0 aliphatic carbocycles. The Morgan fingerprint density at radius 2 is 2.20 bits per heavy atom. The van der Waals surface area contributed by atoms with E-state index in [-0.39, 0.29) is 0 Å². The minimum atomic E-state index is 0.649. The second-order valence-corrected chi connectivity index (χ2v) is 4.78. The van der Waals surface area contributed by atoms with Gasteiger partial charge in [0, 0.05) is 38.1 Å². The SMILES string of the molecule is CC#CCCN1CC(C(C)C)NCC1C. The highest BCUT2D eigenvalue weighted by Crippen LogP contribution is 2.12. The molecule has 86 valence electrons. The van der Waals surface area contributed by atoms with E-state index in [1.165, 1.54) is 6.54 Å². The Morgan fingerprint density at radius 3 is 2.80 bits per heavy atom. The van der Waals surface area contributed by atoms with Gasteiger partial charge in [0.1, 0.15) is 0 Å². The monoisotopic (exact) mass is 208 g/mol. The molecule has 1 aliphatic heterocycles. The Morgan fingerprint density at radius 1 is 1.47 bits per heavy atom. The van der Waals surface area contributed by atoms with Gasteiger partial charge in [-0.05, 0) is 19.8 Å². The van der Waals surface area contributed by atoms with Crippen LogP contribution in [0.4, 0.5) is 0 Å². The van der Waals surface area contributed by atoms with E-state index in [4.69, 9.17) is 0 Å². The van der Waals surface area contributed by atoms with Crippen LogP contribution in [0.25, 0.3) is 0 Å². The summed E-state index contributed by atoms with van der Waals surface area (Å²) in [5.74, 6) is 6.83. The first-order valence-electron chi connectivity index (χ1n) is 6.02. The van der Waals surface area contributed by atoms with Crippen molar-refractivity contribution in [2.45, 2.75) is 46.2 Å². The van der Waals surface area contributed by atoms with Crippen LogP contribution in [0.15, 0.2) is 0 Å². The van der Waals surface area contributed by atoms with Gasteiger partial charge in [0.05, 0.1) is 0 Å². The van der Waals surface area contributed by atoms with Crippen molar-refractivity contribution in [1.29, 1.82) is 0 Å². The number of hydrogen-bond donors (Lipinski definition) is 1. The summed E-state index contributed by atoms with van der Waals surface area (Å²) in [4.78, 5) is 2.56. The average molecular weight is 208 g/mol. The molecule has 0 saturated carbocycles. The zero-order valence-corrected chi connectivity index (χ0v) is 10.5. The number of rotatable bonds is 3. The lowest BCUT2D eigenvalue weighted by atomic mass is 10.00. The fourth-order valence-electron chi connectivity index (χ4n) is 2.03. The first-order valence-corrected chi connectivity index (χ1v) is 6.02. The summed E-state index contributed by atoms with van der Waals surface area (Å²) in [6.07, 6.45) is 1.01. The smallest absolute Gasteiger partial charge is 0.0218 e. The largest absolute Gasteiger partial charge is 0.311 e. The summed E-state index contributed by atoms with van der Waals surface area (Å²) >= 11 is 0. The third kappa shape index (κ3) is 3.85. The van der Waals surface area contributed by atoms with Gasteiger partial charge in [0.25, 0.3) is 0 Å². The highest BCUT2D eigenvalue weighted by molar-refractivity contribution is 4.96. The fraction of sp³-hybridized carbons (Fsp3) is 0.846. The van der Waals surface area contributed by atoms with Gasteiger partial charge in [-0.1, -0.05) is 13.8 Å². The van der Waals surface area contributed by atoms with E-state index in [1.807, 2.05) is 6.92 Å². The van der Waals surface area contributed by atoms with E-state index in [1.54, 1.807) is 0 Å². The summed E-state index contributed by atoms with van der Waals surface area (Å²) in [5.41, 5.74) is 0. The van der Waals surface area contributed by atoms with Crippen molar-refractivity contribution in [3.05, 3.63) is 0 Å². The molecule has 2 nitrogen and oxygen atoms in total. The Balaban J connectivity index is 2.41. The molecule has 2 atom stereocenters. The summed E-state index contributed by atoms with van der Waals surface area (Å²) in [6, 6.07) is 1.30. The van der Waals surface area contributed by atoms with Gasteiger partial charge < -0.3 is 5.32 Å². The molecular weight excluding hydrogens is 184 g/mol. The lowest BCUT2D eigenvalue weighted by Crippen LogP contribution is -2.57. The minimum Gasteiger partial charge on any atom is -0.311 e. The van der Waals surface area contributed by atoms with E-state index in [0.29, 0.717) is 12.1 Å². The molecule has 1 saturated heterocycles. The minimum absolute atomic E-state index is 0.649. The van der Waals surface area contributed by atoms with E-state index >= 15 is 0 Å².